The molecule has 4 nitrogen and oxygen atoms in total. The highest BCUT2D eigenvalue weighted by molar-refractivity contribution is 9.10. The number of methoxy groups -OCH3 is 3. The number of esters is 1. The lowest BCUT2D eigenvalue weighted by Crippen LogP contribution is -2.08. The second-order valence-electron chi connectivity index (χ2n) is 3.30. The SMILES string of the molecule is BCc1c(C(=O)OC)cc(OC)c(OC)c1Br. The van der Waals surface area contributed by atoms with E-state index in [1.807, 2.05) is 7.85 Å². The minimum absolute atomic E-state index is 0.386. The number of hydrogen-bond acceptors (Lipinski definition) is 4. The van der Waals surface area contributed by atoms with Crippen molar-refractivity contribution in [1.82, 2.24) is 0 Å². The summed E-state index contributed by atoms with van der Waals surface area (Å²) in [5, 5.41) is 0. The van der Waals surface area contributed by atoms with Gasteiger partial charge in [0, 0.05) is 0 Å². The maximum atomic E-state index is 11.7. The average Bonchev–Trinajstić information content (AvgIpc) is 2.36. The van der Waals surface area contributed by atoms with E-state index >= 15 is 0 Å². The number of carbonyl (C=O) groups excluding carboxylic acids is 1. The van der Waals surface area contributed by atoms with E-state index in [0.29, 0.717) is 23.4 Å². The molecule has 0 saturated carbocycles. The third-order valence-corrected chi connectivity index (χ3v) is 3.31. The Morgan fingerprint density at radius 3 is 2.41 bits per heavy atom. The van der Waals surface area contributed by atoms with Crippen LogP contribution in [0.1, 0.15) is 15.9 Å². The van der Waals surface area contributed by atoms with Gasteiger partial charge in [-0.1, -0.05) is 6.32 Å². The van der Waals surface area contributed by atoms with Gasteiger partial charge in [-0.15, -0.1) is 0 Å². The standard InChI is InChI=1S/C11H14BBrO4/c1-15-8-4-6(11(14)17-3)7(5-12)9(13)10(8)16-2/h4H,5,12H2,1-3H3. The molecule has 0 radical (unpaired) electrons. The molecule has 6 heteroatoms. The van der Waals surface area contributed by atoms with Crippen LogP contribution in [0, 0.1) is 0 Å². The molecule has 0 aromatic heterocycles. The van der Waals surface area contributed by atoms with Gasteiger partial charge in [0.25, 0.3) is 0 Å². The molecule has 1 rings (SSSR count). The van der Waals surface area contributed by atoms with E-state index in [-0.39, 0.29) is 5.97 Å². The van der Waals surface area contributed by atoms with Gasteiger partial charge in [0.05, 0.1) is 31.4 Å². The molecular weight excluding hydrogens is 287 g/mol. The van der Waals surface area contributed by atoms with E-state index in [1.54, 1.807) is 13.2 Å². The van der Waals surface area contributed by atoms with Crippen molar-refractivity contribution in [2.24, 2.45) is 0 Å². The molecular formula is C11H14BBrO4. The Bertz CT molecular complexity index is 434. The molecule has 17 heavy (non-hydrogen) atoms. The van der Waals surface area contributed by atoms with Crippen LogP contribution in [-0.2, 0) is 11.1 Å². The molecule has 1 aromatic rings. The summed E-state index contributed by atoms with van der Waals surface area (Å²) in [4.78, 5) is 11.7. The van der Waals surface area contributed by atoms with Crippen LogP contribution in [0.3, 0.4) is 0 Å². The molecule has 0 fully saturated rings. The first kappa shape index (κ1) is 13.9. The van der Waals surface area contributed by atoms with Crippen LogP contribution in [0.4, 0.5) is 0 Å². The Morgan fingerprint density at radius 1 is 1.35 bits per heavy atom. The molecule has 1 aromatic carbocycles. The zero-order chi connectivity index (χ0) is 13.0. The number of hydrogen-bond donors (Lipinski definition) is 0. The van der Waals surface area contributed by atoms with Crippen molar-refractivity contribution in [1.29, 1.82) is 0 Å². The lowest BCUT2D eigenvalue weighted by molar-refractivity contribution is 0.0599. The molecule has 0 bridgehead atoms. The van der Waals surface area contributed by atoms with E-state index in [0.717, 1.165) is 10.0 Å². The first-order chi connectivity index (χ1) is 8.10. The molecule has 0 N–H and O–H groups in total. The summed E-state index contributed by atoms with van der Waals surface area (Å²) in [7, 11) is 6.39. The lowest BCUT2D eigenvalue weighted by atomic mass is 9.92. The van der Waals surface area contributed by atoms with Crippen LogP contribution in [0.2, 0.25) is 0 Å². The largest absolute Gasteiger partial charge is 0.493 e. The van der Waals surface area contributed by atoms with E-state index < -0.39 is 0 Å². The Hall–Kier alpha value is -1.17. The summed E-state index contributed by atoms with van der Waals surface area (Å²) < 4.78 is 15.9. The van der Waals surface area contributed by atoms with Gasteiger partial charge < -0.3 is 14.2 Å². The average molecular weight is 301 g/mol. The van der Waals surface area contributed by atoms with E-state index in [2.05, 4.69) is 15.9 Å². The normalized spacial score (nSPS) is 9.88. The highest BCUT2D eigenvalue weighted by atomic mass is 79.9. The highest BCUT2D eigenvalue weighted by Gasteiger charge is 2.21. The highest BCUT2D eigenvalue weighted by Crippen LogP contribution is 2.39. The minimum atomic E-state index is -0.386. The summed E-state index contributed by atoms with van der Waals surface area (Å²) >= 11 is 3.43. The fourth-order valence-corrected chi connectivity index (χ4v) is 2.48. The first-order valence-electron chi connectivity index (χ1n) is 5.12. The number of ether oxygens (including phenoxy) is 3. The monoisotopic (exact) mass is 300 g/mol. The quantitative estimate of drug-likeness (QED) is 0.623. The molecule has 0 unspecified atom stereocenters. The van der Waals surface area contributed by atoms with Crippen molar-refractivity contribution in [3.63, 3.8) is 0 Å². The first-order valence-corrected chi connectivity index (χ1v) is 5.91. The van der Waals surface area contributed by atoms with Crippen molar-refractivity contribution in [2.45, 2.75) is 6.32 Å². The van der Waals surface area contributed by atoms with Crippen LogP contribution < -0.4 is 9.47 Å². The van der Waals surface area contributed by atoms with Gasteiger partial charge in [-0.05, 0) is 27.6 Å². The predicted octanol–water partition coefficient (Wildman–Crippen LogP) is 1.39. The van der Waals surface area contributed by atoms with Crippen LogP contribution in [0.5, 0.6) is 11.5 Å². The summed E-state index contributed by atoms with van der Waals surface area (Å²) in [5.74, 6) is 0.692. The van der Waals surface area contributed by atoms with Crippen molar-refractivity contribution in [3.05, 3.63) is 21.7 Å². The van der Waals surface area contributed by atoms with E-state index in [4.69, 9.17) is 14.2 Å². The Labute approximate surface area is 110 Å². The van der Waals surface area contributed by atoms with Crippen molar-refractivity contribution < 1.29 is 19.0 Å². The van der Waals surface area contributed by atoms with Gasteiger partial charge in [0.2, 0.25) is 0 Å². The van der Waals surface area contributed by atoms with E-state index in [9.17, 15) is 4.79 Å². The second kappa shape index (κ2) is 5.96. The molecule has 92 valence electrons. The van der Waals surface area contributed by atoms with Gasteiger partial charge in [0.15, 0.2) is 11.5 Å². The summed E-state index contributed by atoms with van der Waals surface area (Å²) in [6, 6.07) is 1.63. The van der Waals surface area contributed by atoms with Gasteiger partial charge in [-0.3, -0.25) is 0 Å². The summed E-state index contributed by atoms with van der Waals surface area (Å²) in [6.07, 6.45) is 0.686. The number of carbonyl (C=O) groups is 1. The van der Waals surface area contributed by atoms with Gasteiger partial charge in [-0.25, -0.2) is 4.79 Å². The fraction of sp³-hybridized carbons (Fsp3) is 0.364. The third-order valence-electron chi connectivity index (χ3n) is 2.47. The molecule has 0 heterocycles. The Balaban J connectivity index is 3.50. The van der Waals surface area contributed by atoms with Crippen molar-refractivity contribution in [3.8, 4) is 11.5 Å². The maximum absolute atomic E-state index is 11.7. The predicted molar refractivity (Wildman–Crippen MR) is 70.8 cm³/mol. The molecule has 0 saturated heterocycles. The molecule has 0 aliphatic rings. The number of rotatable bonds is 4. The van der Waals surface area contributed by atoms with Crippen LogP contribution in [-0.4, -0.2) is 35.1 Å². The van der Waals surface area contributed by atoms with E-state index in [1.165, 1.54) is 14.2 Å². The molecule has 0 amide bonds. The van der Waals surface area contributed by atoms with Crippen LogP contribution >= 0.6 is 15.9 Å². The molecule has 0 aliphatic heterocycles. The summed E-state index contributed by atoms with van der Waals surface area (Å²) in [6.45, 7) is 0. The minimum Gasteiger partial charge on any atom is -0.493 e. The fourth-order valence-electron chi connectivity index (χ4n) is 1.63. The zero-order valence-corrected chi connectivity index (χ0v) is 11.9. The molecule has 0 spiro atoms. The van der Waals surface area contributed by atoms with Gasteiger partial charge >= 0.3 is 5.97 Å². The Morgan fingerprint density at radius 2 is 2.00 bits per heavy atom. The second-order valence-corrected chi connectivity index (χ2v) is 4.09. The van der Waals surface area contributed by atoms with Crippen molar-refractivity contribution >= 4 is 29.7 Å². The Kier molecular flexibility index (Phi) is 4.87. The lowest BCUT2D eigenvalue weighted by Gasteiger charge is -2.15. The molecule has 0 aliphatic carbocycles. The third kappa shape index (κ3) is 2.57. The smallest absolute Gasteiger partial charge is 0.338 e. The topological polar surface area (TPSA) is 44.8 Å². The molecule has 0 atom stereocenters. The summed E-state index contributed by atoms with van der Waals surface area (Å²) in [5.41, 5.74) is 1.33. The number of benzene rings is 1. The van der Waals surface area contributed by atoms with Crippen LogP contribution in [0.25, 0.3) is 0 Å². The van der Waals surface area contributed by atoms with Gasteiger partial charge in [-0.2, -0.15) is 0 Å². The maximum Gasteiger partial charge on any atom is 0.338 e. The zero-order valence-electron chi connectivity index (χ0n) is 10.3. The van der Waals surface area contributed by atoms with Crippen LogP contribution in [0.15, 0.2) is 10.5 Å². The number of halogens is 1. The van der Waals surface area contributed by atoms with Crippen molar-refractivity contribution in [2.75, 3.05) is 21.3 Å². The van der Waals surface area contributed by atoms with Gasteiger partial charge in [0.1, 0.15) is 7.85 Å².